The molecular formula is C32H38CuN4. The number of aryl methyl sites for hydroxylation is 4. The number of rotatable bonds is 4. The summed E-state index contributed by atoms with van der Waals surface area (Å²) in [6.45, 7) is 17.8. The summed E-state index contributed by atoms with van der Waals surface area (Å²) >= 11 is 0. The number of nitrogens with zero attached hydrogens (tertiary/aromatic N) is 2. The van der Waals surface area contributed by atoms with Gasteiger partial charge in [-0.05, 0) is 122 Å². The van der Waals surface area contributed by atoms with Crippen molar-refractivity contribution in [3.63, 3.8) is 0 Å². The van der Waals surface area contributed by atoms with Gasteiger partial charge in [-0.2, -0.15) is 0 Å². The first-order valence-electron chi connectivity index (χ1n) is 13.4. The van der Waals surface area contributed by atoms with Crippen molar-refractivity contribution in [1.29, 1.82) is 0 Å². The first-order chi connectivity index (χ1) is 17.3. The fourth-order valence-corrected chi connectivity index (χ4v) is 6.02. The van der Waals surface area contributed by atoms with E-state index in [1.807, 2.05) is 0 Å². The van der Waals surface area contributed by atoms with Crippen LogP contribution in [0.15, 0.2) is 24.3 Å². The quantitative estimate of drug-likeness (QED) is 0.324. The summed E-state index contributed by atoms with van der Waals surface area (Å²) in [5.74, 6) is 0. The summed E-state index contributed by atoms with van der Waals surface area (Å²) in [6, 6.07) is 8.98. The van der Waals surface area contributed by atoms with Crippen molar-refractivity contribution in [2.45, 2.75) is 81.1 Å². The van der Waals surface area contributed by atoms with Crippen molar-refractivity contribution in [2.24, 2.45) is 0 Å². The molecule has 1 radical (unpaired) electrons. The molecule has 2 N–H and O–H groups in total. The van der Waals surface area contributed by atoms with E-state index in [1.165, 1.54) is 55.6 Å². The molecule has 37 heavy (non-hydrogen) atoms. The van der Waals surface area contributed by atoms with Crippen LogP contribution in [0.5, 0.6) is 0 Å². The Morgan fingerprint density at radius 1 is 0.514 bits per heavy atom. The monoisotopic (exact) mass is 541 g/mol. The van der Waals surface area contributed by atoms with Crippen LogP contribution in [0.1, 0.15) is 99.4 Å². The smallest absolute Gasteiger partial charge is 0.0693 e. The fraction of sp³-hybridized carbons (Fsp3) is 0.375. The molecule has 0 atom stereocenters. The third kappa shape index (κ3) is 4.43. The molecule has 0 fully saturated rings. The van der Waals surface area contributed by atoms with Crippen molar-refractivity contribution in [1.82, 2.24) is 19.9 Å². The van der Waals surface area contributed by atoms with Crippen LogP contribution < -0.4 is 0 Å². The van der Waals surface area contributed by atoms with E-state index < -0.39 is 0 Å². The number of hydrogen-bond donors (Lipinski definition) is 2. The molecule has 5 heterocycles. The molecule has 0 spiro atoms. The number of allylic oxidation sites excluding steroid dienone is 4. The number of fused-ring (bicyclic) bond motifs is 8. The second-order valence-electron chi connectivity index (χ2n) is 10.1. The average Bonchev–Trinajstić information content (AvgIpc) is 3.51. The molecule has 0 saturated carbocycles. The zero-order valence-corrected chi connectivity index (χ0v) is 24.3. The first-order valence-corrected chi connectivity index (χ1v) is 13.4. The minimum atomic E-state index is 0. The zero-order chi connectivity index (χ0) is 25.7. The third-order valence-electron chi connectivity index (χ3n) is 8.21. The Labute approximate surface area is 231 Å². The van der Waals surface area contributed by atoms with E-state index in [-0.39, 0.29) is 17.1 Å². The molecule has 0 saturated heterocycles. The van der Waals surface area contributed by atoms with Crippen LogP contribution >= 0.6 is 0 Å². The van der Waals surface area contributed by atoms with E-state index in [0.717, 1.165) is 59.5 Å². The largest absolute Gasteiger partial charge is 0.355 e. The molecule has 4 nitrogen and oxygen atoms in total. The Morgan fingerprint density at radius 2 is 0.919 bits per heavy atom. The van der Waals surface area contributed by atoms with E-state index in [9.17, 15) is 0 Å². The van der Waals surface area contributed by atoms with Crippen molar-refractivity contribution in [3.05, 3.63) is 69.3 Å². The molecule has 8 bridgehead atoms. The Hall–Kier alpha value is -2.88. The first kappa shape index (κ1) is 27.2. The van der Waals surface area contributed by atoms with E-state index in [0.29, 0.717) is 0 Å². The Balaban J connectivity index is 0.00000320. The second kappa shape index (κ2) is 10.5. The summed E-state index contributed by atoms with van der Waals surface area (Å²) in [5.41, 5.74) is 19.3. The standard InChI is InChI=1S/C32H38N4.Cu/c1-9-21-17(5)25-14-30-23(11-3)19(7)27(35-30)16-32-24(12-4)20(8)28(36-32)15-31-22(10-2)18(6)26(34-31)13-29(21)33-25;/h13-16,33-34H,9-12H2,1-8H3;. The van der Waals surface area contributed by atoms with Gasteiger partial charge in [0.2, 0.25) is 0 Å². The summed E-state index contributed by atoms with van der Waals surface area (Å²) < 4.78 is 0. The van der Waals surface area contributed by atoms with Crippen molar-refractivity contribution in [3.8, 4) is 0 Å². The van der Waals surface area contributed by atoms with Crippen LogP contribution in [-0.4, -0.2) is 19.9 Å². The summed E-state index contributed by atoms with van der Waals surface area (Å²) in [5, 5.41) is 0. The number of aromatic amines is 2. The van der Waals surface area contributed by atoms with Crippen LogP contribution in [0.25, 0.3) is 44.4 Å². The Kier molecular flexibility index (Phi) is 7.69. The molecule has 197 valence electrons. The van der Waals surface area contributed by atoms with Gasteiger partial charge in [0.1, 0.15) is 0 Å². The molecule has 2 aliphatic rings. The molecule has 5 heteroatoms. The maximum absolute atomic E-state index is 5.13. The minimum absolute atomic E-state index is 0. The van der Waals surface area contributed by atoms with Gasteiger partial charge in [-0.15, -0.1) is 0 Å². The van der Waals surface area contributed by atoms with E-state index >= 15 is 0 Å². The molecule has 3 aromatic rings. The van der Waals surface area contributed by atoms with Gasteiger partial charge in [0, 0.05) is 39.1 Å². The molecule has 5 rings (SSSR count). The summed E-state index contributed by atoms with van der Waals surface area (Å²) in [4.78, 5) is 17.7. The van der Waals surface area contributed by atoms with Gasteiger partial charge in [-0.1, -0.05) is 27.7 Å². The predicted molar refractivity (Wildman–Crippen MR) is 155 cm³/mol. The van der Waals surface area contributed by atoms with Crippen LogP contribution in [0.4, 0.5) is 0 Å². The molecule has 3 aromatic heterocycles. The zero-order valence-electron chi connectivity index (χ0n) is 23.3. The SMILES string of the molecule is CCC1=C(C)c2cc3[nH]c(cc4[nH]c(cc5nc(cc1n2)C(C)=C5CC)c(C)c4CC)c(C)c3CC.[Cu]. The number of nitrogens with one attached hydrogen (secondary N) is 2. The van der Waals surface area contributed by atoms with Gasteiger partial charge in [-0.25, -0.2) is 9.97 Å². The molecule has 0 aromatic carbocycles. The van der Waals surface area contributed by atoms with E-state index in [2.05, 4.69) is 89.6 Å². The van der Waals surface area contributed by atoms with Crippen LogP contribution in [0.2, 0.25) is 0 Å². The predicted octanol–water partition coefficient (Wildman–Crippen LogP) is 8.74. The Bertz CT molecular complexity index is 1610. The normalized spacial score (nSPS) is 13.4. The molecule has 2 aliphatic heterocycles. The summed E-state index contributed by atoms with van der Waals surface area (Å²) in [6.07, 6.45) is 3.86. The van der Waals surface area contributed by atoms with Crippen LogP contribution in [-0.2, 0) is 29.9 Å². The topological polar surface area (TPSA) is 57.4 Å². The molecule has 0 amide bonds. The fourth-order valence-electron chi connectivity index (χ4n) is 6.02. The van der Waals surface area contributed by atoms with Gasteiger partial charge in [0.15, 0.2) is 0 Å². The van der Waals surface area contributed by atoms with Gasteiger partial charge in [0.05, 0.1) is 22.8 Å². The maximum Gasteiger partial charge on any atom is 0.0693 e. The van der Waals surface area contributed by atoms with Gasteiger partial charge >= 0.3 is 0 Å². The van der Waals surface area contributed by atoms with Crippen LogP contribution in [0.3, 0.4) is 0 Å². The number of H-pyrrole nitrogens is 2. The minimum Gasteiger partial charge on any atom is -0.355 e. The number of aromatic nitrogens is 4. The molecule has 0 aliphatic carbocycles. The number of hydrogen-bond acceptors (Lipinski definition) is 2. The Morgan fingerprint density at radius 3 is 1.41 bits per heavy atom. The van der Waals surface area contributed by atoms with E-state index in [1.54, 1.807) is 0 Å². The van der Waals surface area contributed by atoms with Crippen molar-refractivity contribution in [2.75, 3.05) is 0 Å². The molecule has 0 unspecified atom stereocenters. The maximum atomic E-state index is 5.13. The van der Waals surface area contributed by atoms with Gasteiger partial charge < -0.3 is 9.97 Å². The molecular weight excluding hydrogens is 504 g/mol. The van der Waals surface area contributed by atoms with E-state index in [4.69, 9.17) is 9.97 Å². The van der Waals surface area contributed by atoms with Crippen molar-refractivity contribution < 1.29 is 17.1 Å². The van der Waals surface area contributed by atoms with Gasteiger partial charge in [0.25, 0.3) is 0 Å². The average molecular weight is 542 g/mol. The second-order valence-corrected chi connectivity index (χ2v) is 10.1. The summed E-state index contributed by atoms with van der Waals surface area (Å²) in [7, 11) is 0. The van der Waals surface area contributed by atoms with Crippen LogP contribution in [0, 0.1) is 13.8 Å². The van der Waals surface area contributed by atoms with Gasteiger partial charge in [-0.3, -0.25) is 0 Å². The van der Waals surface area contributed by atoms with Crippen molar-refractivity contribution >= 4 is 44.4 Å². The third-order valence-corrected chi connectivity index (χ3v) is 8.21.